The SMILES string of the molecule is Cc1nc2ccc(CBr)cc2c(=O)n1COC(=O)C(C)(C)C. The van der Waals surface area contributed by atoms with Crippen molar-refractivity contribution in [2.75, 3.05) is 0 Å². The third-order valence-corrected chi connectivity index (χ3v) is 3.95. The number of hydrogen-bond donors (Lipinski definition) is 0. The van der Waals surface area contributed by atoms with Crippen LogP contribution in [0.1, 0.15) is 32.2 Å². The summed E-state index contributed by atoms with van der Waals surface area (Å²) in [6.07, 6.45) is 0. The zero-order valence-electron chi connectivity index (χ0n) is 13.1. The van der Waals surface area contributed by atoms with Crippen LogP contribution in [0.15, 0.2) is 23.0 Å². The van der Waals surface area contributed by atoms with Crippen molar-refractivity contribution >= 4 is 32.8 Å². The lowest BCUT2D eigenvalue weighted by Crippen LogP contribution is -2.29. The molecule has 0 radical (unpaired) electrons. The van der Waals surface area contributed by atoms with Gasteiger partial charge in [-0.1, -0.05) is 22.0 Å². The van der Waals surface area contributed by atoms with Crippen LogP contribution in [0.5, 0.6) is 0 Å². The Labute approximate surface area is 137 Å². The summed E-state index contributed by atoms with van der Waals surface area (Å²) in [6, 6.07) is 5.56. The van der Waals surface area contributed by atoms with Gasteiger partial charge in [0.05, 0.1) is 16.3 Å². The van der Waals surface area contributed by atoms with E-state index in [1.54, 1.807) is 33.8 Å². The van der Waals surface area contributed by atoms with E-state index in [0.717, 1.165) is 5.56 Å². The first-order chi connectivity index (χ1) is 10.2. The van der Waals surface area contributed by atoms with Gasteiger partial charge < -0.3 is 4.74 Å². The Bertz CT molecular complexity index is 775. The highest BCUT2D eigenvalue weighted by Crippen LogP contribution is 2.16. The van der Waals surface area contributed by atoms with E-state index in [2.05, 4.69) is 20.9 Å². The monoisotopic (exact) mass is 366 g/mol. The molecule has 0 aliphatic rings. The zero-order valence-corrected chi connectivity index (χ0v) is 14.7. The molecule has 0 aliphatic heterocycles. The maximum absolute atomic E-state index is 12.6. The largest absolute Gasteiger partial charge is 0.443 e. The summed E-state index contributed by atoms with van der Waals surface area (Å²) in [4.78, 5) is 28.9. The number of carbonyl (C=O) groups excluding carboxylic acids is 1. The van der Waals surface area contributed by atoms with Gasteiger partial charge in [-0.2, -0.15) is 0 Å². The second-order valence-electron chi connectivity index (χ2n) is 6.19. The number of hydrogen-bond acceptors (Lipinski definition) is 4. The van der Waals surface area contributed by atoms with Crippen LogP contribution in [0.2, 0.25) is 0 Å². The van der Waals surface area contributed by atoms with Gasteiger partial charge in [-0.25, -0.2) is 4.98 Å². The maximum atomic E-state index is 12.6. The molecule has 0 saturated carbocycles. The molecule has 2 aromatic rings. The van der Waals surface area contributed by atoms with Gasteiger partial charge in [0.25, 0.3) is 5.56 Å². The van der Waals surface area contributed by atoms with Crippen LogP contribution in [0.25, 0.3) is 10.9 Å². The van der Waals surface area contributed by atoms with Gasteiger partial charge in [-0.05, 0) is 45.4 Å². The Hall–Kier alpha value is -1.69. The van der Waals surface area contributed by atoms with Crippen molar-refractivity contribution in [2.45, 2.75) is 39.8 Å². The van der Waals surface area contributed by atoms with Gasteiger partial charge in [-0.15, -0.1) is 0 Å². The zero-order chi connectivity index (χ0) is 16.5. The first kappa shape index (κ1) is 16.7. The van der Waals surface area contributed by atoms with E-state index < -0.39 is 5.41 Å². The molecule has 0 unspecified atom stereocenters. The van der Waals surface area contributed by atoms with Crippen molar-refractivity contribution in [2.24, 2.45) is 5.41 Å². The number of benzene rings is 1. The molecule has 5 nitrogen and oxygen atoms in total. The Balaban J connectivity index is 2.42. The van der Waals surface area contributed by atoms with Crippen molar-refractivity contribution < 1.29 is 9.53 Å². The highest BCUT2D eigenvalue weighted by atomic mass is 79.9. The molecular weight excluding hydrogens is 348 g/mol. The molecule has 0 spiro atoms. The number of carbonyl (C=O) groups is 1. The average molecular weight is 367 g/mol. The van der Waals surface area contributed by atoms with E-state index in [9.17, 15) is 9.59 Å². The molecule has 0 saturated heterocycles. The number of alkyl halides is 1. The summed E-state index contributed by atoms with van der Waals surface area (Å²) in [5.41, 5.74) is 0.830. The summed E-state index contributed by atoms with van der Waals surface area (Å²) < 4.78 is 6.61. The fraction of sp³-hybridized carbons (Fsp3) is 0.438. The number of fused-ring (bicyclic) bond motifs is 1. The molecule has 1 aromatic heterocycles. The summed E-state index contributed by atoms with van der Waals surface area (Å²) >= 11 is 3.37. The van der Waals surface area contributed by atoms with Gasteiger partial charge in [0.1, 0.15) is 5.82 Å². The number of aryl methyl sites for hydroxylation is 1. The van der Waals surface area contributed by atoms with Gasteiger partial charge in [0.15, 0.2) is 6.73 Å². The quantitative estimate of drug-likeness (QED) is 0.618. The predicted molar refractivity (Wildman–Crippen MR) is 88.9 cm³/mol. The molecule has 0 N–H and O–H groups in total. The van der Waals surface area contributed by atoms with E-state index >= 15 is 0 Å². The second-order valence-corrected chi connectivity index (χ2v) is 6.75. The minimum absolute atomic E-state index is 0.123. The highest BCUT2D eigenvalue weighted by molar-refractivity contribution is 9.08. The van der Waals surface area contributed by atoms with E-state index in [-0.39, 0.29) is 18.3 Å². The predicted octanol–water partition coefficient (Wildman–Crippen LogP) is 3.15. The average Bonchev–Trinajstić information content (AvgIpc) is 2.45. The van der Waals surface area contributed by atoms with Crippen molar-refractivity contribution in [3.05, 3.63) is 39.9 Å². The van der Waals surface area contributed by atoms with Crippen LogP contribution in [-0.4, -0.2) is 15.5 Å². The number of halogens is 1. The molecule has 6 heteroatoms. The van der Waals surface area contributed by atoms with Gasteiger partial charge in [0.2, 0.25) is 0 Å². The van der Waals surface area contributed by atoms with Crippen LogP contribution in [-0.2, 0) is 21.6 Å². The van der Waals surface area contributed by atoms with Gasteiger partial charge >= 0.3 is 5.97 Å². The Morgan fingerprint density at radius 1 is 1.36 bits per heavy atom. The molecule has 0 amide bonds. The first-order valence-electron chi connectivity index (χ1n) is 6.97. The number of esters is 1. The third-order valence-electron chi connectivity index (χ3n) is 3.30. The van der Waals surface area contributed by atoms with E-state index in [4.69, 9.17) is 4.74 Å². The van der Waals surface area contributed by atoms with Crippen LogP contribution in [0.4, 0.5) is 0 Å². The van der Waals surface area contributed by atoms with Crippen LogP contribution in [0, 0.1) is 12.3 Å². The molecule has 0 aliphatic carbocycles. The molecule has 0 bridgehead atoms. The molecule has 118 valence electrons. The Morgan fingerprint density at radius 3 is 2.64 bits per heavy atom. The fourth-order valence-corrected chi connectivity index (χ4v) is 2.30. The minimum Gasteiger partial charge on any atom is -0.443 e. The van der Waals surface area contributed by atoms with E-state index in [1.165, 1.54) is 4.57 Å². The lowest BCUT2D eigenvalue weighted by atomic mass is 9.98. The van der Waals surface area contributed by atoms with Crippen LogP contribution in [0.3, 0.4) is 0 Å². The summed E-state index contributed by atoms with van der Waals surface area (Å²) in [5, 5.41) is 1.18. The molecule has 22 heavy (non-hydrogen) atoms. The smallest absolute Gasteiger partial charge is 0.312 e. The lowest BCUT2D eigenvalue weighted by molar-refractivity contribution is -0.157. The van der Waals surface area contributed by atoms with Crippen molar-refractivity contribution in [3.8, 4) is 0 Å². The van der Waals surface area contributed by atoms with Gasteiger partial charge in [0, 0.05) is 5.33 Å². The first-order valence-corrected chi connectivity index (χ1v) is 8.09. The fourth-order valence-electron chi connectivity index (χ4n) is 1.95. The van der Waals surface area contributed by atoms with E-state index in [1.807, 2.05) is 12.1 Å². The van der Waals surface area contributed by atoms with Gasteiger partial charge in [-0.3, -0.25) is 14.2 Å². The second kappa shape index (κ2) is 6.20. The number of ether oxygens (including phenoxy) is 1. The molecule has 2 rings (SSSR count). The molecule has 1 aromatic carbocycles. The molecule has 0 fully saturated rings. The lowest BCUT2D eigenvalue weighted by Gasteiger charge is -2.18. The molecule has 1 heterocycles. The summed E-state index contributed by atoms with van der Waals surface area (Å²) in [7, 11) is 0. The number of rotatable bonds is 3. The Morgan fingerprint density at radius 2 is 2.05 bits per heavy atom. The number of nitrogens with zero attached hydrogens (tertiary/aromatic N) is 2. The van der Waals surface area contributed by atoms with Crippen LogP contribution >= 0.6 is 15.9 Å². The summed E-state index contributed by atoms with van der Waals surface area (Å²) in [6.45, 7) is 6.91. The highest BCUT2D eigenvalue weighted by Gasteiger charge is 2.23. The van der Waals surface area contributed by atoms with Crippen LogP contribution < -0.4 is 5.56 Å². The third kappa shape index (κ3) is 3.38. The summed E-state index contributed by atoms with van der Waals surface area (Å²) in [5.74, 6) is 0.166. The number of aromatic nitrogens is 2. The Kier molecular flexibility index (Phi) is 4.70. The van der Waals surface area contributed by atoms with Crippen molar-refractivity contribution in [1.29, 1.82) is 0 Å². The van der Waals surface area contributed by atoms with Crippen molar-refractivity contribution in [1.82, 2.24) is 9.55 Å². The normalized spacial score (nSPS) is 11.7. The topological polar surface area (TPSA) is 61.2 Å². The van der Waals surface area contributed by atoms with E-state index in [0.29, 0.717) is 22.1 Å². The maximum Gasteiger partial charge on any atom is 0.312 e. The standard InChI is InChI=1S/C16H19BrN2O3/c1-10-18-13-6-5-11(8-17)7-12(13)14(20)19(10)9-22-15(21)16(2,3)4/h5-7H,8-9H2,1-4H3. The van der Waals surface area contributed by atoms with Crippen molar-refractivity contribution in [3.63, 3.8) is 0 Å². The molecule has 0 atom stereocenters. The minimum atomic E-state index is -0.606. The molecular formula is C16H19BrN2O3.